The van der Waals surface area contributed by atoms with Crippen molar-refractivity contribution < 1.29 is 38.2 Å². The molecule has 1 saturated carbocycles. The molecule has 3 heterocycles. The lowest BCUT2D eigenvalue weighted by molar-refractivity contribution is -0.138. The molecule has 0 radical (unpaired) electrons. The van der Waals surface area contributed by atoms with Gasteiger partial charge in [0.25, 0.3) is 11.8 Å². The smallest absolute Gasteiger partial charge is 0.260 e. The zero-order chi connectivity index (χ0) is 42.3. The second kappa shape index (κ2) is 14.5. The molecule has 1 aromatic heterocycles. The highest BCUT2D eigenvalue weighted by Gasteiger charge is 2.70. The van der Waals surface area contributed by atoms with Crippen molar-refractivity contribution >= 4 is 69.3 Å². The van der Waals surface area contributed by atoms with Crippen molar-refractivity contribution in [3.63, 3.8) is 0 Å². The molecule has 0 bridgehead atoms. The topological polar surface area (TPSA) is 152 Å². The molecule has 2 saturated heterocycles. The van der Waals surface area contributed by atoms with Crippen LogP contribution in [0, 0.1) is 23.7 Å². The molecule has 0 spiro atoms. The summed E-state index contributed by atoms with van der Waals surface area (Å²) in [5.41, 5.74) is 5.47. The summed E-state index contributed by atoms with van der Waals surface area (Å²) in [7, 11) is 3.03. The molecule has 6 aromatic rings. The van der Waals surface area contributed by atoms with Crippen LogP contribution in [0.15, 0.2) is 125 Å². The molecule has 3 fully saturated rings. The number of nitrogens with one attached hydrogen (secondary N) is 1. The van der Waals surface area contributed by atoms with E-state index < -0.39 is 52.7 Å². The van der Waals surface area contributed by atoms with Crippen LogP contribution >= 0.6 is 23.2 Å². The van der Waals surface area contributed by atoms with Crippen molar-refractivity contribution in [3.05, 3.63) is 142 Å². The van der Waals surface area contributed by atoms with Gasteiger partial charge in [0, 0.05) is 22.1 Å². The van der Waals surface area contributed by atoms with Gasteiger partial charge in [0.15, 0.2) is 5.58 Å². The third kappa shape index (κ3) is 5.83. The zero-order valence-corrected chi connectivity index (χ0v) is 34.2. The molecule has 2 aliphatic carbocycles. The lowest BCUT2D eigenvalue weighted by Crippen LogP contribution is -2.53. The van der Waals surface area contributed by atoms with Gasteiger partial charge in [-0.2, -0.15) is 5.01 Å². The average Bonchev–Trinajstić information content (AvgIpc) is 3.89. The van der Waals surface area contributed by atoms with Gasteiger partial charge in [-0.15, -0.1) is 0 Å². The van der Waals surface area contributed by atoms with E-state index >= 15 is 9.59 Å². The lowest BCUT2D eigenvalue weighted by atomic mass is 9.49. The SMILES string of the molecule is COc1ccc([C@@]23C(=O)N(Nc4ccc(Cl)cc4Cl)C(=O)[C@@H]2C[C@@H]2C(=CC[C@@H]4C(=O)N(c5ccc(-c6nc7ccccc7o6)cc5)C(=O)[C@@H]42)[C@@H]3c2cc(OC)ccc2O)cc1. The summed E-state index contributed by atoms with van der Waals surface area (Å²) in [5.74, 6) is -5.10. The number of hydrazine groups is 1. The number of halogens is 2. The summed E-state index contributed by atoms with van der Waals surface area (Å²) in [6.07, 6.45) is 2.15. The second-order valence-corrected chi connectivity index (χ2v) is 16.5. The van der Waals surface area contributed by atoms with Crippen molar-refractivity contribution in [3.8, 4) is 28.7 Å². The summed E-state index contributed by atoms with van der Waals surface area (Å²) in [6, 6.07) is 30.7. The van der Waals surface area contributed by atoms with Crippen molar-refractivity contribution in [2.45, 2.75) is 24.2 Å². The number of aromatic hydroxyl groups is 1. The Morgan fingerprint density at radius 2 is 1.56 bits per heavy atom. The number of rotatable bonds is 8. The van der Waals surface area contributed by atoms with Gasteiger partial charge in [-0.3, -0.25) is 29.5 Å². The maximum Gasteiger partial charge on any atom is 0.260 e. The number of benzene rings is 5. The van der Waals surface area contributed by atoms with Crippen LogP contribution in [0.3, 0.4) is 0 Å². The fourth-order valence-corrected chi connectivity index (χ4v) is 10.5. The Balaban J connectivity index is 1.10. The Bertz CT molecular complexity index is 2810. The highest BCUT2D eigenvalue weighted by molar-refractivity contribution is 6.36. The molecule has 2 N–H and O–H groups in total. The Labute approximate surface area is 359 Å². The van der Waals surface area contributed by atoms with Crippen LogP contribution in [0.5, 0.6) is 17.2 Å². The van der Waals surface area contributed by atoms with Crippen LogP contribution in [-0.2, 0) is 24.6 Å². The number of nitrogens with zero attached hydrogens (tertiary/aromatic N) is 3. The van der Waals surface area contributed by atoms with Crippen molar-refractivity contribution in [1.82, 2.24) is 9.99 Å². The number of phenolic OH excluding ortho intramolecular Hbond substituents is 1. The summed E-state index contributed by atoms with van der Waals surface area (Å²) >= 11 is 12.8. The Hall–Kier alpha value is -6.63. The first-order valence-corrected chi connectivity index (χ1v) is 20.4. The number of aromatic nitrogens is 1. The van der Waals surface area contributed by atoms with Gasteiger partial charge < -0.3 is 19.0 Å². The van der Waals surface area contributed by atoms with E-state index in [0.29, 0.717) is 61.5 Å². The van der Waals surface area contributed by atoms with Crippen LogP contribution in [-0.4, -0.2) is 52.9 Å². The molecular weight excluding hydrogens is 819 g/mol. The number of ether oxygens (including phenoxy) is 2. The molecule has 5 aromatic carbocycles. The summed E-state index contributed by atoms with van der Waals surface area (Å²) in [6.45, 7) is 0. The van der Waals surface area contributed by atoms with Gasteiger partial charge >= 0.3 is 0 Å². The second-order valence-electron chi connectivity index (χ2n) is 15.7. The molecule has 61 heavy (non-hydrogen) atoms. The third-order valence-electron chi connectivity index (χ3n) is 12.8. The van der Waals surface area contributed by atoms with Gasteiger partial charge in [0.2, 0.25) is 17.7 Å². The average molecular weight is 856 g/mol. The number of imide groups is 2. The summed E-state index contributed by atoms with van der Waals surface area (Å²) in [4.78, 5) is 65.7. The van der Waals surface area contributed by atoms with Crippen molar-refractivity contribution in [2.24, 2.45) is 23.7 Å². The van der Waals surface area contributed by atoms with E-state index in [9.17, 15) is 14.7 Å². The van der Waals surface area contributed by atoms with Crippen LogP contribution in [0.4, 0.5) is 11.4 Å². The maximum absolute atomic E-state index is 15.6. The van der Waals surface area contributed by atoms with Gasteiger partial charge in [0.1, 0.15) is 22.8 Å². The predicted octanol–water partition coefficient (Wildman–Crippen LogP) is 8.71. The number of hydrogen-bond donors (Lipinski definition) is 2. The third-order valence-corrected chi connectivity index (χ3v) is 13.3. The number of hydrogen-bond acceptors (Lipinski definition) is 10. The number of carbonyl (C=O) groups excluding carboxylic acids is 4. The summed E-state index contributed by atoms with van der Waals surface area (Å²) in [5, 5.41) is 13.3. The normalized spacial score (nSPS) is 24.4. The minimum atomic E-state index is -1.67. The molecule has 4 amide bonds. The molecule has 2 aliphatic heterocycles. The number of phenols is 1. The number of amides is 4. The molecular formula is C47H36Cl2N4O8. The lowest BCUT2D eigenvalue weighted by Gasteiger charge is -2.50. The monoisotopic (exact) mass is 854 g/mol. The quantitative estimate of drug-likeness (QED) is 0.112. The van der Waals surface area contributed by atoms with Gasteiger partial charge in [0.05, 0.1) is 53.8 Å². The Morgan fingerprint density at radius 3 is 2.28 bits per heavy atom. The first-order chi connectivity index (χ1) is 29.5. The van der Waals surface area contributed by atoms with E-state index in [1.54, 1.807) is 72.8 Å². The van der Waals surface area contributed by atoms with Crippen LogP contribution in [0.2, 0.25) is 10.0 Å². The van der Waals surface area contributed by atoms with Gasteiger partial charge in [-0.25, -0.2) is 4.98 Å². The minimum Gasteiger partial charge on any atom is -0.508 e. The van der Waals surface area contributed by atoms with E-state index in [2.05, 4.69) is 10.4 Å². The number of carbonyl (C=O) groups is 4. The number of methoxy groups -OCH3 is 2. The zero-order valence-electron chi connectivity index (χ0n) is 32.7. The van der Waals surface area contributed by atoms with Crippen LogP contribution < -0.4 is 19.8 Å². The van der Waals surface area contributed by atoms with E-state index in [1.165, 1.54) is 31.3 Å². The van der Waals surface area contributed by atoms with Crippen molar-refractivity contribution in [1.29, 1.82) is 0 Å². The molecule has 14 heteroatoms. The number of para-hydroxylation sites is 2. The molecule has 4 aliphatic rings. The molecule has 10 rings (SSSR count). The molecule has 0 unspecified atom stereocenters. The van der Waals surface area contributed by atoms with E-state index in [1.807, 2.05) is 30.3 Å². The summed E-state index contributed by atoms with van der Waals surface area (Å²) < 4.78 is 17.1. The Kier molecular flexibility index (Phi) is 9.19. The number of anilines is 2. The first kappa shape index (κ1) is 38.6. The fourth-order valence-electron chi connectivity index (χ4n) is 10.1. The first-order valence-electron chi connectivity index (χ1n) is 19.7. The maximum atomic E-state index is 15.6. The highest BCUT2D eigenvalue weighted by Crippen LogP contribution is 2.65. The van der Waals surface area contributed by atoms with Crippen LogP contribution in [0.1, 0.15) is 29.9 Å². The molecule has 12 nitrogen and oxygen atoms in total. The number of oxazole rings is 1. The predicted molar refractivity (Wildman–Crippen MR) is 227 cm³/mol. The minimum absolute atomic E-state index is 0.0425. The number of fused-ring (bicyclic) bond motifs is 5. The van der Waals surface area contributed by atoms with E-state index in [0.717, 1.165) is 5.01 Å². The van der Waals surface area contributed by atoms with Gasteiger partial charge in [-0.1, -0.05) is 59.1 Å². The van der Waals surface area contributed by atoms with Gasteiger partial charge in [-0.05, 0) is 109 Å². The number of allylic oxidation sites excluding steroid dienone is 2. The van der Waals surface area contributed by atoms with E-state index in [-0.39, 0.29) is 35.2 Å². The Morgan fingerprint density at radius 1 is 0.820 bits per heavy atom. The van der Waals surface area contributed by atoms with E-state index in [4.69, 9.17) is 37.1 Å². The van der Waals surface area contributed by atoms with Crippen LogP contribution in [0.25, 0.3) is 22.6 Å². The van der Waals surface area contributed by atoms with Crippen molar-refractivity contribution in [2.75, 3.05) is 24.5 Å². The molecule has 6 atom stereocenters. The largest absolute Gasteiger partial charge is 0.508 e. The standard InChI is InChI=1S/C47H36Cl2N4O8/c1-59-28-14-9-25(10-15-28)47-34(44(56)53(46(47)58)51-36-19-11-26(48)21-35(36)49)23-32-30(41(47)33-22-29(60-2)16-20-38(33)54)17-18-31-40(32)45(57)52(43(31)55)27-12-7-24(8-13-27)42-50-37-5-3-4-6-39(37)61-42/h3-17,19-22,31-32,34,40-41,51,54H,18,23H2,1-2H3/t31-,32+,34-,40-,41+,47+/m0/s1. The fraction of sp³-hybridized carbons (Fsp3) is 0.213. The molecule has 306 valence electrons. The highest BCUT2D eigenvalue weighted by atomic mass is 35.5.